The minimum atomic E-state index is -1.55. The van der Waals surface area contributed by atoms with Crippen LogP contribution in [0.5, 0.6) is 5.75 Å². The lowest BCUT2D eigenvalue weighted by atomic mass is 9.91. The number of carboxylic acids is 1. The number of rotatable bonds is 5. The monoisotopic (exact) mass is 501 g/mol. The van der Waals surface area contributed by atoms with Crippen molar-refractivity contribution in [3.63, 3.8) is 0 Å². The molecule has 1 aliphatic rings. The van der Waals surface area contributed by atoms with E-state index in [-0.39, 0.29) is 42.0 Å². The van der Waals surface area contributed by atoms with Gasteiger partial charge >= 0.3 is 11.7 Å². The summed E-state index contributed by atoms with van der Waals surface area (Å²) in [7, 11) is 2.82. The average molecular weight is 501 g/mol. The summed E-state index contributed by atoms with van der Waals surface area (Å²) < 4.78 is 8.77. The normalized spacial score (nSPS) is 22.4. The van der Waals surface area contributed by atoms with Crippen LogP contribution in [0.25, 0.3) is 11.2 Å². The van der Waals surface area contributed by atoms with E-state index in [0.29, 0.717) is 0 Å². The second kappa shape index (κ2) is 9.24. The van der Waals surface area contributed by atoms with Crippen LogP contribution in [0, 0.1) is 0 Å². The summed E-state index contributed by atoms with van der Waals surface area (Å²) in [5.41, 5.74) is -2.30. The van der Waals surface area contributed by atoms with Crippen LogP contribution in [0.3, 0.4) is 0 Å². The predicted molar refractivity (Wildman–Crippen MR) is 126 cm³/mol. The number of amides is 1. The van der Waals surface area contributed by atoms with Gasteiger partial charge in [0, 0.05) is 39.2 Å². The molecular formula is C23H27N5O8. The zero-order valence-electron chi connectivity index (χ0n) is 20.0. The number of aliphatic hydroxyl groups is 2. The fourth-order valence-corrected chi connectivity index (χ4v) is 4.61. The Morgan fingerprint density at radius 3 is 2.61 bits per heavy atom. The number of hydrogen-bond acceptors (Lipinski definition) is 8. The van der Waals surface area contributed by atoms with E-state index >= 15 is 0 Å². The maximum Gasteiger partial charge on any atom is 0.341 e. The number of likely N-dealkylation sites (tertiary alicyclic amines) is 1. The molecule has 3 atom stereocenters. The van der Waals surface area contributed by atoms with Crippen LogP contribution < -0.4 is 16.0 Å². The number of carbonyl (C=O) groups is 2. The lowest BCUT2D eigenvalue weighted by molar-refractivity contribution is -0.139. The highest BCUT2D eigenvalue weighted by molar-refractivity contribution is 5.94. The molecule has 3 aromatic rings. The number of imidazole rings is 1. The Kier molecular flexibility index (Phi) is 6.45. The van der Waals surface area contributed by atoms with E-state index < -0.39 is 47.5 Å². The highest BCUT2D eigenvalue weighted by atomic mass is 16.5. The number of fused-ring (bicyclic) bond motifs is 1. The molecular weight excluding hydrogens is 474 g/mol. The molecule has 13 nitrogen and oxygen atoms in total. The number of hydrogen-bond donors (Lipinski definition) is 3. The maximum absolute atomic E-state index is 13.4. The number of β-amino-alcohol motifs (C(OH)–C–C–N with tert-alkyl or cyclic N) is 1. The van der Waals surface area contributed by atoms with Gasteiger partial charge in [0.15, 0.2) is 17.8 Å². The smallest absolute Gasteiger partial charge is 0.341 e. The zero-order chi connectivity index (χ0) is 26.4. The number of nitrogens with zero attached hydrogens (tertiary/aromatic N) is 5. The number of aliphatic hydroxyl groups excluding tert-OH is 1. The van der Waals surface area contributed by atoms with Gasteiger partial charge in [0.05, 0.1) is 24.1 Å². The summed E-state index contributed by atoms with van der Waals surface area (Å²) >= 11 is 0. The highest BCUT2D eigenvalue weighted by Gasteiger charge is 2.42. The lowest BCUT2D eigenvalue weighted by Gasteiger charge is -2.34. The molecule has 192 valence electrons. The lowest BCUT2D eigenvalue weighted by Crippen LogP contribution is -2.44. The van der Waals surface area contributed by atoms with Gasteiger partial charge in [0.1, 0.15) is 5.75 Å². The number of aliphatic carboxylic acids is 1. The molecule has 0 saturated carbocycles. The van der Waals surface area contributed by atoms with E-state index in [1.807, 2.05) is 0 Å². The minimum Gasteiger partial charge on any atom is -0.482 e. The van der Waals surface area contributed by atoms with Crippen molar-refractivity contribution in [2.75, 3.05) is 19.7 Å². The molecule has 0 spiro atoms. The standard InChI is InChI=1S/C23H27N5O8/c1-23(35)8-14(29)9-27(20(32)13-5-4-6-15(7-13)36-11-17(30)31)10-16(23)28-12-24-19-18(28)21(33)26(3)22(34)25(19)2/h4-7,12,14,16,29,35H,8-11H2,1-3H3,(H,30,31)/t14-,16+,23+/m0/s1. The molecule has 1 amide bonds. The molecule has 13 heteroatoms. The van der Waals surface area contributed by atoms with Gasteiger partial charge in [0.25, 0.3) is 11.5 Å². The molecule has 3 N–H and O–H groups in total. The van der Waals surface area contributed by atoms with Gasteiger partial charge in [-0.1, -0.05) is 6.07 Å². The third-order valence-electron chi connectivity index (χ3n) is 6.43. The molecule has 1 aliphatic heterocycles. The predicted octanol–water partition coefficient (Wildman–Crippen LogP) is -0.904. The van der Waals surface area contributed by atoms with Gasteiger partial charge in [-0.25, -0.2) is 14.6 Å². The number of benzene rings is 1. The van der Waals surface area contributed by atoms with E-state index in [4.69, 9.17) is 9.84 Å². The van der Waals surface area contributed by atoms with Gasteiger partial charge in [-0.05, 0) is 25.1 Å². The largest absolute Gasteiger partial charge is 0.482 e. The molecule has 1 aromatic carbocycles. The van der Waals surface area contributed by atoms with Crippen LogP contribution in [0.2, 0.25) is 0 Å². The quantitative estimate of drug-likeness (QED) is 0.401. The highest BCUT2D eigenvalue weighted by Crippen LogP contribution is 2.33. The molecule has 0 bridgehead atoms. The zero-order valence-corrected chi connectivity index (χ0v) is 20.0. The van der Waals surface area contributed by atoms with Crippen LogP contribution in [-0.4, -0.2) is 82.2 Å². The Morgan fingerprint density at radius 1 is 1.19 bits per heavy atom. The van der Waals surface area contributed by atoms with Crippen molar-refractivity contribution in [1.82, 2.24) is 23.6 Å². The van der Waals surface area contributed by atoms with Crippen molar-refractivity contribution in [1.29, 1.82) is 0 Å². The van der Waals surface area contributed by atoms with E-state index in [9.17, 15) is 29.4 Å². The Hall–Kier alpha value is -3.97. The topological polar surface area (TPSA) is 169 Å². The van der Waals surface area contributed by atoms with Crippen LogP contribution in [-0.2, 0) is 18.9 Å². The first-order valence-corrected chi connectivity index (χ1v) is 11.2. The van der Waals surface area contributed by atoms with Crippen molar-refractivity contribution < 1.29 is 29.6 Å². The molecule has 0 unspecified atom stereocenters. The number of ether oxygens (including phenoxy) is 1. The van der Waals surface area contributed by atoms with Gasteiger partial charge < -0.3 is 29.5 Å². The fraction of sp³-hybridized carbons (Fsp3) is 0.435. The molecule has 3 heterocycles. The second-order valence-electron chi connectivity index (χ2n) is 9.18. The Bertz CT molecular complexity index is 1450. The molecule has 36 heavy (non-hydrogen) atoms. The summed E-state index contributed by atoms with van der Waals surface area (Å²) in [5, 5.41) is 30.8. The average Bonchev–Trinajstić information content (AvgIpc) is 3.21. The number of carboxylic acid groups (broad SMARTS) is 1. The third kappa shape index (κ3) is 4.50. The first kappa shape index (κ1) is 25.1. The summed E-state index contributed by atoms with van der Waals surface area (Å²) in [6.45, 7) is 0.763. The molecule has 4 rings (SSSR count). The van der Waals surface area contributed by atoms with Crippen molar-refractivity contribution in [2.45, 2.75) is 31.1 Å². The summed E-state index contributed by atoms with van der Waals surface area (Å²) in [6.07, 6.45) is 0.183. The second-order valence-corrected chi connectivity index (χ2v) is 9.18. The van der Waals surface area contributed by atoms with Gasteiger partial charge in [0.2, 0.25) is 0 Å². The van der Waals surface area contributed by atoms with Crippen molar-refractivity contribution in [2.24, 2.45) is 14.1 Å². The Balaban J connectivity index is 1.75. The van der Waals surface area contributed by atoms with Gasteiger partial charge in [-0.3, -0.25) is 18.7 Å². The van der Waals surface area contributed by atoms with E-state index in [0.717, 1.165) is 4.57 Å². The Labute approximate surface area is 204 Å². The van der Waals surface area contributed by atoms with Crippen LogP contribution in [0.1, 0.15) is 29.7 Å². The number of carbonyl (C=O) groups excluding carboxylic acids is 1. The van der Waals surface area contributed by atoms with Crippen LogP contribution >= 0.6 is 0 Å². The molecule has 1 fully saturated rings. The molecule has 2 aromatic heterocycles. The first-order valence-electron chi connectivity index (χ1n) is 11.2. The van der Waals surface area contributed by atoms with E-state index in [1.165, 1.54) is 59.6 Å². The summed E-state index contributed by atoms with van der Waals surface area (Å²) in [4.78, 5) is 55.1. The molecule has 0 radical (unpaired) electrons. The van der Waals surface area contributed by atoms with E-state index in [1.54, 1.807) is 6.07 Å². The SMILES string of the molecule is Cn1c(=O)c2c(ncn2[C@@H]2CN(C(=O)c3cccc(OCC(=O)O)c3)C[C@@H](O)C[C@@]2(C)O)n(C)c1=O. The van der Waals surface area contributed by atoms with Gasteiger partial charge in [-0.2, -0.15) is 0 Å². The van der Waals surface area contributed by atoms with E-state index in [2.05, 4.69) is 4.98 Å². The third-order valence-corrected chi connectivity index (χ3v) is 6.43. The summed E-state index contributed by atoms with van der Waals surface area (Å²) in [5.74, 6) is -1.46. The molecule has 0 aliphatic carbocycles. The molecule has 1 saturated heterocycles. The van der Waals surface area contributed by atoms with Crippen molar-refractivity contribution in [3.8, 4) is 5.75 Å². The van der Waals surface area contributed by atoms with Gasteiger partial charge in [-0.15, -0.1) is 0 Å². The van der Waals surface area contributed by atoms with Crippen LogP contribution in [0.4, 0.5) is 0 Å². The minimum absolute atomic E-state index is 0.0812. The number of aromatic nitrogens is 4. The maximum atomic E-state index is 13.4. The van der Waals surface area contributed by atoms with Crippen LogP contribution in [0.15, 0.2) is 40.2 Å². The fourth-order valence-electron chi connectivity index (χ4n) is 4.61. The number of aryl methyl sites for hydroxylation is 1. The van der Waals surface area contributed by atoms with Crippen molar-refractivity contribution >= 4 is 23.0 Å². The summed E-state index contributed by atoms with van der Waals surface area (Å²) in [6, 6.07) is 5.09. The first-order chi connectivity index (χ1) is 16.9. The van der Waals surface area contributed by atoms with Crippen molar-refractivity contribution in [3.05, 3.63) is 57.0 Å². The Morgan fingerprint density at radius 2 is 1.92 bits per heavy atom.